The van der Waals surface area contributed by atoms with E-state index in [1.165, 1.54) is 13.3 Å². The van der Waals surface area contributed by atoms with Gasteiger partial charge in [0.05, 0.1) is 13.3 Å². The van der Waals surface area contributed by atoms with Gasteiger partial charge < -0.3 is 10.1 Å². The standard InChI is InChI=1S/C6H6Br2N2O2/c1-12-5(11)6(8)3-9-4(7)2-10-6/h2-3,10H,1H3. The van der Waals surface area contributed by atoms with Gasteiger partial charge >= 0.3 is 5.97 Å². The smallest absolute Gasteiger partial charge is 0.348 e. The summed E-state index contributed by atoms with van der Waals surface area (Å²) in [6.07, 6.45) is 2.98. The third kappa shape index (κ3) is 1.87. The lowest BCUT2D eigenvalue weighted by Gasteiger charge is -2.22. The number of nitrogens with one attached hydrogen (secondary N) is 1. The highest BCUT2D eigenvalue weighted by Gasteiger charge is 2.35. The Kier molecular flexibility index (Phi) is 2.89. The number of hydrogen-bond donors (Lipinski definition) is 1. The fraction of sp³-hybridized carbons (Fsp3) is 0.333. The van der Waals surface area contributed by atoms with Crippen LogP contribution in [0.5, 0.6) is 0 Å². The van der Waals surface area contributed by atoms with Crippen LogP contribution in [0.25, 0.3) is 0 Å². The minimum atomic E-state index is -1.03. The van der Waals surface area contributed by atoms with E-state index < -0.39 is 10.4 Å². The van der Waals surface area contributed by atoms with Crippen molar-refractivity contribution in [2.24, 2.45) is 4.99 Å². The molecule has 1 aliphatic rings. The number of carbonyl (C=O) groups excluding carboxylic acids is 1. The average Bonchev–Trinajstić information content (AvgIpc) is 2.09. The van der Waals surface area contributed by atoms with Crippen LogP contribution in [0.15, 0.2) is 15.8 Å². The molecular weight excluding hydrogens is 292 g/mol. The van der Waals surface area contributed by atoms with E-state index in [2.05, 4.69) is 46.9 Å². The quantitative estimate of drug-likeness (QED) is 0.448. The van der Waals surface area contributed by atoms with Crippen LogP contribution in [0, 0.1) is 0 Å². The molecule has 0 aliphatic carbocycles. The summed E-state index contributed by atoms with van der Waals surface area (Å²) in [6, 6.07) is 0. The van der Waals surface area contributed by atoms with Crippen LogP contribution < -0.4 is 5.32 Å². The van der Waals surface area contributed by atoms with Gasteiger partial charge in [-0.05, 0) is 31.9 Å². The van der Waals surface area contributed by atoms with E-state index in [0.29, 0.717) is 4.61 Å². The largest absolute Gasteiger partial charge is 0.466 e. The highest BCUT2D eigenvalue weighted by molar-refractivity contribution is 9.11. The van der Waals surface area contributed by atoms with E-state index in [0.717, 1.165) is 0 Å². The molecule has 1 N–H and O–H groups in total. The molecule has 1 unspecified atom stereocenters. The molecule has 0 aromatic carbocycles. The molecule has 0 spiro atoms. The summed E-state index contributed by atoms with van der Waals surface area (Å²) in [5, 5.41) is 2.78. The van der Waals surface area contributed by atoms with Gasteiger partial charge in [-0.1, -0.05) is 0 Å². The summed E-state index contributed by atoms with van der Waals surface area (Å²) in [5.74, 6) is -0.442. The zero-order valence-corrected chi connectivity index (χ0v) is 9.35. The first kappa shape index (κ1) is 9.73. The maximum atomic E-state index is 11.1. The summed E-state index contributed by atoms with van der Waals surface area (Å²) in [4.78, 5) is 15.0. The van der Waals surface area contributed by atoms with Gasteiger partial charge in [0.25, 0.3) is 0 Å². The van der Waals surface area contributed by atoms with E-state index >= 15 is 0 Å². The van der Waals surface area contributed by atoms with Crippen molar-refractivity contribution in [3.63, 3.8) is 0 Å². The molecule has 0 fully saturated rings. The Morgan fingerprint density at radius 1 is 1.83 bits per heavy atom. The van der Waals surface area contributed by atoms with E-state index in [1.807, 2.05) is 0 Å². The summed E-state index contributed by atoms with van der Waals surface area (Å²) < 4.78 is 4.14. The molecule has 0 saturated carbocycles. The van der Waals surface area contributed by atoms with Gasteiger partial charge in [-0.2, -0.15) is 0 Å². The first-order valence-electron chi connectivity index (χ1n) is 3.04. The van der Waals surface area contributed by atoms with Crippen LogP contribution in [0.2, 0.25) is 0 Å². The number of hydrogen-bond acceptors (Lipinski definition) is 4. The first-order valence-corrected chi connectivity index (χ1v) is 4.63. The lowest BCUT2D eigenvalue weighted by molar-refractivity contribution is -0.141. The predicted octanol–water partition coefficient (Wildman–Crippen LogP) is 1.12. The number of ether oxygens (including phenoxy) is 1. The van der Waals surface area contributed by atoms with Gasteiger partial charge in [0.15, 0.2) is 0 Å². The molecule has 66 valence electrons. The molecule has 0 radical (unpaired) electrons. The fourth-order valence-electron chi connectivity index (χ4n) is 0.650. The van der Waals surface area contributed by atoms with Crippen molar-refractivity contribution >= 4 is 44.0 Å². The van der Waals surface area contributed by atoms with E-state index in [4.69, 9.17) is 0 Å². The molecule has 12 heavy (non-hydrogen) atoms. The molecular formula is C6H6Br2N2O2. The molecule has 1 heterocycles. The van der Waals surface area contributed by atoms with E-state index in [1.54, 1.807) is 6.20 Å². The Labute approximate surface area is 86.3 Å². The SMILES string of the molecule is COC(=O)C1(Br)C=NC(Br)=CN1. The highest BCUT2D eigenvalue weighted by atomic mass is 79.9. The summed E-state index contributed by atoms with van der Waals surface area (Å²) in [6.45, 7) is 0. The molecule has 0 aromatic rings. The Balaban J connectivity index is 2.78. The number of halogens is 2. The van der Waals surface area contributed by atoms with Crippen LogP contribution in [-0.4, -0.2) is 23.7 Å². The molecule has 0 saturated heterocycles. The summed E-state index contributed by atoms with van der Waals surface area (Å²) in [7, 11) is 1.31. The maximum absolute atomic E-state index is 11.1. The summed E-state index contributed by atoms with van der Waals surface area (Å²) in [5.41, 5.74) is 0. The minimum absolute atomic E-state index is 0.442. The first-order chi connectivity index (χ1) is 5.58. The van der Waals surface area contributed by atoms with Crippen molar-refractivity contribution in [1.82, 2.24) is 5.32 Å². The Morgan fingerprint density at radius 3 is 2.92 bits per heavy atom. The van der Waals surface area contributed by atoms with Gasteiger partial charge in [0.2, 0.25) is 4.45 Å². The number of carbonyl (C=O) groups is 1. The number of nitrogens with zero attached hydrogens (tertiary/aromatic N) is 1. The van der Waals surface area contributed by atoms with Crippen LogP contribution in [-0.2, 0) is 9.53 Å². The zero-order chi connectivity index (χ0) is 9.19. The molecule has 0 amide bonds. The normalized spacial score (nSPS) is 27.4. The van der Waals surface area contributed by atoms with Gasteiger partial charge in [-0.3, -0.25) is 0 Å². The second-order valence-corrected chi connectivity index (χ2v) is 4.14. The number of esters is 1. The second kappa shape index (κ2) is 3.57. The Hall–Kier alpha value is -0.360. The molecule has 0 bridgehead atoms. The van der Waals surface area contributed by atoms with Gasteiger partial charge in [-0.25, -0.2) is 9.79 Å². The third-order valence-corrected chi connectivity index (χ3v) is 2.44. The molecule has 1 aliphatic heterocycles. The predicted molar refractivity (Wildman–Crippen MR) is 52.3 cm³/mol. The number of rotatable bonds is 1. The Bertz CT molecular complexity index is 264. The van der Waals surface area contributed by atoms with Crippen molar-refractivity contribution in [2.75, 3.05) is 7.11 Å². The van der Waals surface area contributed by atoms with Crippen LogP contribution >= 0.6 is 31.9 Å². The maximum Gasteiger partial charge on any atom is 0.348 e. The molecule has 1 rings (SSSR count). The third-order valence-electron chi connectivity index (χ3n) is 1.25. The highest BCUT2D eigenvalue weighted by Crippen LogP contribution is 2.20. The van der Waals surface area contributed by atoms with Crippen LogP contribution in [0.4, 0.5) is 0 Å². The molecule has 1 atom stereocenters. The minimum Gasteiger partial charge on any atom is -0.466 e. The second-order valence-electron chi connectivity index (χ2n) is 2.07. The van der Waals surface area contributed by atoms with Gasteiger partial charge in [-0.15, -0.1) is 0 Å². The monoisotopic (exact) mass is 296 g/mol. The topological polar surface area (TPSA) is 50.7 Å². The molecule has 0 aromatic heterocycles. The van der Waals surface area contributed by atoms with Crippen molar-refractivity contribution < 1.29 is 9.53 Å². The average molecular weight is 298 g/mol. The van der Waals surface area contributed by atoms with Gasteiger partial charge in [0, 0.05) is 6.20 Å². The van der Waals surface area contributed by atoms with E-state index in [-0.39, 0.29) is 0 Å². The molecule has 6 heteroatoms. The number of alkyl halides is 1. The summed E-state index contributed by atoms with van der Waals surface area (Å²) >= 11 is 6.29. The van der Waals surface area contributed by atoms with Crippen molar-refractivity contribution in [3.8, 4) is 0 Å². The van der Waals surface area contributed by atoms with Crippen molar-refractivity contribution in [1.29, 1.82) is 0 Å². The van der Waals surface area contributed by atoms with Crippen LogP contribution in [0.1, 0.15) is 0 Å². The van der Waals surface area contributed by atoms with Gasteiger partial charge in [0.1, 0.15) is 4.61 Å². The van der Waals surface area contributed by atoms with Crippen molar-refractivity contribution in [3.05, 3.63) is 10.8 Å². The zero-order valence-electron chi connectivity index (χ0n) is 6.17. The lowest BCUT2D eigenvalue weighted by atomic mass is 10.3. The van der Waals surface area contributed by atoms with E-state index in [9.17, 15) is 4.79 Å². The number of methoxy groups -OCH3 is 1. The Morgan fingerprint density at radius 2 is 2.50 bits per heavy atom. The molecule has 4 nitrogen and oxygen atoms in total. The van der Waals surface area contributed by atoms with Crippen molar-refractivity contribution in [2.45, 2.75) is 4.45 Å². The number of aliphatic imine (C=N–C) groups is 1. The lowest BCUT2D eigenvalue weighted by Crippen LogP contribution is -2.47. The fourth-order valence-corrected chi connectivity index (χ4v) is 1.25. The van der Waals surface area contributed by atoms with Crippen LogP contribution in [0.3, 0.4) is 0 Å².